The summed E-state index contributed by atoms with van der Waals surface area (Å²) in [6.45, 7) is 3.40. The van der Waals surface area contributed by atoms with Gasteiger partial charge < -0.3 is 10.6 Å². The number of imidazole rings is 1. The number of unbranched alkanes of at least 4 members (excludes halogenated alkanes) is 3. The minimum absolute atomic E-state index is 0.0365. The first-order valence-corrected chi connectivity index (χ1v) is 12.1. The van der Waals surface area contributed by atoms with Crippen LogP contribution in [0.2, 0.25) is 0 Å². The zero-order chi connectivity index (χ0) is 22.5. The molecule has 2 rings (SSSR count). The summed E-state index contributed by atoms with van der Waals surface area (Å²) >= 11 is 1.71. The number of hydrogen-bond donors (Lipinski definition) is 4. The van der Waals surface area contributed by atoms with Gasteiger partial charge in [-0.25, -0.2) is 10.5 Å². The van der Waals surface area contributed by atoms with E-state index in [0.717, 1.165) is 47.7 Å². The van der Waals surface area contributed by atoms with Gasteiger partial charge in [-0.1, -0.05) is 26.2 Å². The Kier molecular flexibility index (Phi) is 10.9. The highest BCUT2D eigenvalue weighted by Crippen LogP contribution is 2.22. The molecule has 9 heteroatoms. The van der Waals surface area contributed by atoms with E-state index in [1.54, 1.807) is 23.3 Å². The van der Waals surface area contributed by atoms with Crippen LogP contribution in [0.15, 0.2) is 24.4 Å². The van der Waals surface area contributed by atoms with Gasteiger partial charge in [0.05, 0.1) is 5.69 Å². The highest BCUT2D eigenvalue weighted by Gasteiger charge is 2.13. The molecule has 0 aliphatic heterocycles. The van der Waals surface area contributed by atoms with E-state index in [1.165, 1.54) is 18.9 Å². The van der Waals surface area contributed by atoms with E-state index in [2.05, 4.69) is 17.6 Å². The maximum Gasteiger partial charge on any atom is 0.267 e. The molecule has 0 bridgehead atoms. The smallest absolute Gasteiger partial charge is 0.267 e. The van der Waals surface area contributed by atoms with E-state index in [0.29, 0.717) is 19.5 Å². The molecule has 2 heterocycles. The quantitative estimate of drug-likeness (QED) is 0.153. The van der Waals surface area contributed by atoms with Gasteiger partial charge in [0.2, 0.25) is 5.91 Å². The maximum absolute atomic E-state index is 12.0. The van der Waals surface area contributed by atoms with Crippen molar-refractivity contribution in [2.45, 2.75) is 45.4 Å². The van der Waals surface area contributed by atoms with Crippen LogP contribution in [-0.2, 0) is 16.0 Å². The molecule has 2 aromatic heterocycles. The molecular formula is C22H33N5O3S. The molecule has 170 valence electrons. The summed E-state index contributed by atoms with van der Waals surface area (Å²) in [6, 6.07) is 3.76. The Labute approximate surface area is 187 Å². The number of aryl methyl sites for hydroxylation is 1. The number of hydrogen-bond acceptors (Lipinski definition) is 6. The summed E-state index contributed by atoms with van der Waals surface area (Å²) < 4.78 is 1.98. The Hall–Kier alpha value is -2.52. The van der Waals surface area contributed by atoms with E-state index < -0.39 is 5.91 Å². The first kappa shape index (κ1) is 24.7. The average Bonchev–Trinajstić information content (AvgIpc) is 3.11. The van der Waals surface area contributed by atoms with E-state index in [-0.39, 0.29) is 5.91 Å². The van der Waals surface area contributed by atoms with Crippen molar-refractivity contribution < 1.29 is 14.8 Å². The third-order valence-electron chi connectivity index (χ3n) is 4.80. The Balaban J connectivity index is 2.12. The van der Waals surface area contributed by atoms with Gasteiger partial charge in [0.1, 0.15) is 11.5 Å². The first-order valence-electron chi connectivity index (χ1n) is 10.7. The lowest BCUT2D eigenvalue weighted by Crippen LogP contribution is -2.27. The number of amides is 2. The lowest BCUT2D eigenvalue weighted by Gasteiger charge is -2.09. The predicted molar refractivity (Wildman–Crippen MR) is 126 cm³/mol. The van der Waals surface area contributed by atoms with Crippen molar-refractivity contribution in [1.29, 1.82) is 0 Å². The standard InChI is InChI=1S/C22H33N5O3S/c1-3-4-5-6-7-18-22(24-12-10-20(28)23-13-15-31-2)27-14-11-17(16-19(27)25-18)8-9-21(29)26-30/h8-9,11,14,16,24,30H,3-7,10,12-13,15H2,1-2H3,(H,23,28)(H,26,29). The second kappa shape index (κ2) is 13.7. The number of thioether (sulfide) groups is 1. The lowest BCUT2D eigenvalue weighted by atomic mass is 10.1. The minimum Gasteiger partial charge on any atom is -0.369 e. The molecule has 2 amide bonds. The number of carbonyl (C=O) groups is 2. The fourth-order valence-corrected chi connectivity index (χ4v) is 3.48. The Morgan fingerprint density at radius 2 is 2.10 bits per heavy atom. The summed E-state index contributed by atoms with van der Waals surface area (Å²) in [6.07, 6.45) is 12.7. The number of nitrogens with zero attached hydrogens (tertiary/aromatic N) is 2. The summed E-state index contributed by atoms with van der Waals surface area (Å²) in [7, 11) is 0. The normalized spacial score (nSPS) is 11.2. The van der Waals surface area contributed by atoms with E-state index in [4.69, 9.17) is 10.2 Å². The first-order chi connectivity index (χ1) is 15.1. The summed E-state index contributed by atoms with van der Waals surface area (Å²) in [5.41, 5.74) is 4.13. The molecule has 31 heavy (non-hydrogen) atoms. The molecule has 0 atom stereocenters. The second-order valence-electron chi connectivity index (χ2n) is 7.23. The number of pyridine rings is 1. The number of carbonyl (C=O) groups excluding carboxylic acids is 2. The van der Waals surface area contributed by atoms with Crippen molar-refractivity contribution in [3.8, 4) is 0 Å². The van der Waals surface area contributed by atoms with Gasteiger partial charge in [-0.3, -0.25) is 19.2 Å². The highest BCUT2D eigenvalue weighted by atomic mass is 32.2. The third kappa shape index (κ3) is 8.26. The van der Waals surface area contributed by atoms with Crippen molar-refractivity contribution in [1.82, 2.24) is 20.2 Å². The van der Waals surface area contributed by atoms with Gasteiger partial charge >= 0.3 is 0 Å². The molecule has 0 aliphatic carbocycles. The highest BCUT2D eigenvalue weighted by molar-refractivity contribution is 7.98. The number of anilines is 1. The van der Waals surface area contributed by atoms with E-state index in [9.17, 15) is 9.59 Å². The number of fused-ring (bicyclic) bond motifs is 1. The molecular weight excluding hydrogens is 414 g/mol. The molecule has 2 aromatic rings. The van der Waals surface area contributed by atoms with E-state index >= 15 is 0 Å². The van der Waals surface area contributed by atoms with Crippen LogP contribution in [0, 0.1) is 0 Å². The van der Waals surface area contributed by atoms with Crippen LogP contribution in [0.5, 0.6) is 0 Å². The Bertz CT molecular complexity index is 881. The van der Waals surface area contributed by atoms with Crippen LogP contribution >= 0.6 is 11.8 Å². The monoisotopic (exact) mass is 447 g/mol. The van der Waals surface area contributed by atoms with Crippen LogP contribution < -0.4 is 16.1 Å². The van der Waals surface area contributed by atoms with Gasteiger partial charge in [-0.15, -0.1) is 0 Å². The molecule has 0 saturated heterocycles. The molecule has 8 nitrogen and oxygen atoms in total. The van der Waals surface area contributed by atoms with Gasteiger partial charge in [0.15, 0.2) is 0 Å². The van der Waals surface area contributed by atoms with Crippen LogP contribution in [0.25, 0.3) is 11.7 Å². The Morgan fingerprint density at radius 3 is 2.84 bits per heavy atom. The average molecular weight is 448 g/mol. The summed E-state index contributed by atoms with van der Waals surface area (Å²) in [5, 5.41) is 14.9. The number of rotatable bonds is 14. The molecule has 0 unspecified atom stereocenters. The number of hydroxylamine groups is 1. The number of nitrogens with one attached hydrogen (secondary N) is 3. The molecule has 0 spiro atoms. The lowest BCUT2D eigenvalue weighted by molar-refractivity contribution is -0.124. The fourth-order valence-electron chi connectivity index (χ4n) is 3.18. The van der Waals surface area contributed by atoms with Crippen LogP contribution in [0.4, 0.5) is 5.82 Å². The minimum atomic E-state index is -0.585. The predicted octanol–water partition coefficient (Wildman–Crippen LogP) is 3.26. The fraction of sp³-hybridized carbons (Fsp3) is 0.500. The van der Waals surface area contributed by atoms with Gasteiger partial charge in [-0.2, -0.15) is 11.8 Å². The van der Waals surface area contributed by atoms with Crippen molar-refractivity contribution in [3.05, 3.63) is 35.7 Å². The maximum atomic E-state index is 12.0. The molecule has 4 N–H and O–H groups in total. The zero-order valence-electron chi connectivity index (χ0n) is 18.3. The van der Waals surface area contributed by atoms with Gasteiger partial charge in [0.25, 0.3) is 5.91 Å². The molecule has 0 saturated carbocycles. The van der Waals surface area contributed by atoms with Gasteiger partial charge in [0, 0.05) is 37.5 Å². The largest absolute Gasteiger partial charge is 0.369 e. The molecule has 0 radical (unpaired) electrons. The molecule has 0 aliphatic rings. The van der Waals surface area contributed by atoms with Crippen LogP contribution in [0.3, 0.4) is 0 Å². The van der Waals surface area contributed by atoms with Crippen LogP contribution in [0.1, 0.15) is 50.3 Å². The van der Waals surface area contributed by atoms with Crippen LogP contribution in [-0.4, -0.2) is 51.5 Å². The van der Waals surface area contributed by atoms with Crippen molar-refractivity contribution in [3.63, 3.8) is 0 Å². The van der Waals surface area contributed by atoms with Crippen molar-refractivity contribution in [2.24, 2.45) is 0 Å². The summed E-state index contributed by atoms with van der Waals surface area (Å²) in [4.78, 5) is 28.0. The topological polar surface area (TPSA) is 108 Å². The Morgan fingerprint density at radius 1 is 1.26 bits per heavy atom. The second-order valence-corrected chi connectivity index (χ2v) is 8.22. The molecule has 0 aromatic carbocycles. The van der Waals surface area contributed by atoms with Crippen molar-refractivity contribution >= 4 is 41.1 Å². The number of aromatic nitrogens is 2. The van der Waals surface area contributed by atoms with E-state index in [1.807, 2.05) is 29.0 Å². The third-order valence-corrected chi connectivity index (χ3v) is 5.41. The zero-order valence-corrected chi connectivity index (χ0v) is 19.1. The van der Waals surface area contributed by atoms with Gasteiger partial charge in [-0.05, 0) is 42.9 Å². The summed E-state index contributed by atoms with van der Waals surface area (Å²) in [5.74, 6) is 1.27. The van der Waals surface area contributed by atoms with Crippen molar-refractivity contribution in [2.75, 3.05) is 30.4 Å². The SMILES string of the molecule is CCCCCCc1nc2cc(C=CC(=O)NO)ccn2c1NCCC(=O)NCCSC. The molecule has 0 fully saturated rings.